The van der Waals surface area contributed by atoms with Crippen molar-refractivity contribution in [2.75, 3.05) is 0 Å². The van der Waals surface area contributed by atoms with Crippen LogP contribution >= 0.6 is 0 Å². The monoisotopic (exact) mass is 406 g/mol. The maximum atomic E-state index is 2.30. The number of unbranched alkanes of at least 4 members (excludes halogenated alkanes) is 14. The average Bonchev–Trinajstić information content (AvgIpc) is 2.50. The Morgan fingerprint density at radius 3 is 0.957 bits per heavy atom. The van der Waals surface area contributed by atoms with Gasteiger partial charge in [-0.15, -0.1) is 0 Å². The molecule has 0 aliphatic heterocycles. The Bertz CT molecular complexity index is 159. The second-order valence-electron chi connectivity index (χ2n) is 6.70. The van der Waals surface area contributed by atoms with Gasteiger partial charge in [-0.1, -0.05) is 0 Å². The zero-order valence-corrected chi connectivity index (χ0v) is 18.6. The van der Waals surface area contributed by atoms with Crippen molar-refractivity contribution in [1.29, 1.82) is 0 Å². The maximum Gasteiger partial charge on any atom is -0.870 e. The molecule has 0 aliphatic rings. The van der Waals surface area contributed by atoms with Gasteiger partial charge in [-0.3, -0.25) is 0 Å². The summed E-state index contributed by atoms with van der Waals surface area (Å²) in [6, 6.07) is 0. The topological polar surface area (TPSA) is 60.0 Å². The zero-order valence-electron chi connectivity index (χ0n) is 16.1. The molecule has 0 unspecified atom stereocenters. The number of hydrogen-bond acceptors (Lipinski definition) is 2. The van der Waals surface area contributed by atoms with E-state index < -0.39 is 0 Å². The van der Waals surface area contributed by atoms with E-state index in [2.05, 4.69) is 13.8 Å². The molecule has 0 heterocycles. The van der Waals surface area contributed by atoms with Gasteiger partial charge in [0, 0.05) is 0 Å². The van der Waals surface area contributed by atoms with E-state index in [9.17, 15) is 0 Å². The van der Waals surface area contributed by atoms with Gasteiger partial charge in [0.15, 0.2) is 0 Å². The smallest absolute Gasteiger partial charge is 0.870 e. The van der Waals surface area contributed by atoms with Crippen molar-refractivity contribution in [1.82, 2.24) is 0 Å². The standard InChI is InChI=1S/2C10H21.2H2O.Zr/c2*1-3-5-7-9-10-8-6-4-2;;;/h2*1,3-10H2,2H3;2*1H2;/q;;;;+2/p-2. The third-order valence-electron chi connectivity index (χ3n) is 4.41. The van der Waals surface area contributed by atoms with Crippen LogP contribution in [0.3, 0.4) is 0 Å². The fourth-order valence-corrected chi connectivity index (χ4v) is 5.97. The quantitative estimate of drug-likeness (QED) is 0.217. The summed E-state index contributed by atoms with van der Waals surface area (Å²) in [5, 5.41) is 0. The first-order valence-electron chi connectivity index (χ1n) is 10.1. The van der Waals surface area contributed by atoms with Crippen LogP contribution in [0.5, 0.6) is 0 Å². The van der Waals surface area contributed by atoms with Crippen LogP contribution in [0.2, 0.25) is 8.26 Å². The Morgan fingerprint density at radius 1 is 0.391 bits per heavy atom. The summed E-state index contributed by atoms with van der Waals surface area (Å²) in [6.45, 7) is 4.61. The fraction of sp³-hybridized carbons (Fsp3) is 1.00. The van der Waals surface area contributed by atoms with Gasteiger partial charge in [-0.25, -0.2) is 0 Å². The van der Waals surface area contributed by atoms with Gasteiger partial charge in [0.2, 0.25) is 0 Å². The molecule has 0 saturated carbocycles. The molecule has 0 atom stereocenters. The molecule has 0 aliphatic carbocycles. The predicted molar refractivity (Wildman–Crippen MR) is 98.7 cm³/mol. The maximum absolute atomic E-state index is 2.30. The molecule has 2 nitrogen and oxygen atoms in total. The van der Waals surface area contributed by atoms with Crippen molar-refractivity contribution in [3.8, 4) is 0 Å². The van der Waals surface area contributed by atoms with Crippen molar-refractivity contribution < 1.29 is 34.2 Å². The van der Waals surface area contributed by atoms with Crippen LogP contribution in [-0.2, 0) is 23.2 Å². The second-order valence-corrected chi connectivity index (χ2v) is 10.4. The summed E-state index contributed by atoms with van der Waals surface area (Å²) in [6.07, 6.45) is 23.8. The molecule has 0 radical (unpaired) electrons. The van der Waals surface area contributed by atoms with Crippen molar-refractivity contribution in [2.45, 2.75) is 125 Å². The van der Waals surface area contributed by atoms with E-state index in [-0.39, 0.29) is 34.2 Å². The van der Waals surface area contributed by atoms with Crippen molar-refractivity contribution in [2.24, 2.45) is 0 Å². The number of hydrogen-bond donors (Lipinski definition) is 0. The third-order valence-corrected chi connectivity index (χ3v) is 7.89. The molecule has 0 aromatic heterocycles. The minimum atomic E-state index is 0. The molecular weight excluding hydrogens is 363 g/mol. The largest absolute Gasteiger partial charge is 0.870 e. The summed E-state index contributed by atoms with van der Waals surface area (Å²) in [7, 11) is 0. The van der Waals surface area contributed by atoms with Crippen molar-refractivity contribution in [3.05, 3.63) is 0 Å². The molecular formula is C20H44O2Zr. The van der Waals surface area contributed by atoms with Gasteiger partial charge in [0.25, 0.3) is 0 Å². The summed E-state index contributed by atoms with van der Waals surface area (Å²) >= 11 is 0.0528. The van der Waals surface area contributed by atoms with Crippen LogP contribution in [0.1, 0.15) is 117 Å². The zero-order chi connectivity index (χ0) is 15.4. The molecule has 0 fully saturated rings. The van der Waals surface area contributed by atoms with Crippen LogP contribution in [0.25, 0.3) is 0 Å². The van der Waals surface area contributed by atoms with Gasteiger partial charge < -0.3 is 11.0 Å². The minimum Gasteiger partial charge on any atom is -0.870 e. The van der Waals surface area contributed by atoms with Gasteiger partial charge >= 0.3 is 148 Å². The summed E-state index contributed by atoms with van der Waals surface area (Å²) in [5.74, 6) is 0. The van der Waals surface area contributed by atoms with Crippen molar-refractivity contribution in [3.63, 3.8) is 0 Å². The van der Waals surface area contributed by atoms with E-state index in [1.54, 1.807) is 21.1 Å². The van der Waals surface area contributed by atoms with Crippen LogP contribution in [0.4, 0.5) is 0 Å². The molecule has 23 heavy (non-hydrogen) atoms. The van der Waals surface area contributed by atoms with Gasteiger partial charge in [0.05, 0.1) is 0 Å². The normalized spacial score (nSPS) is 9.83. The summed E-state index contributed by atoms with van der Waals surface area (Å²) < 4.78 is 3.32. The molecule has 0 spiro atoms. The molecule has 0 amide bonds. The van der Waals surface area contributed by atoms with Gasteiger partial charge in [0.1, 0.15) is 0 Å². The molecule has 0 saturated heterocycles. The van der Waals surface area contributed by atoms with E-state index in [4.69, 9.17) is 0 Å². The van der Waals surface area contributed by atoms with Crippen molar-refractivity contribution >= 4 is 0 Å². The molecule has 2 N–H and O–H groups in total. The van der Waals surface area contributed by atoms with E-state index >= 15 is 0 Å². The molecule has 0 aromatic rings. The van der Waals surface area contributed by atoms with E-state index in [0.717, 1.165) is 0 Å². The Hall–Kier alpha value is 0.803. The fourth-order valence-electron chi connectivity index (χ4n) is 2.89. The Kier molecular flexibility index (Phi) is 34.4. The first kappa shape index (κ1) is 28.6. The summed E-state index contributed by atoms with van der Waals surface area (Å²) in [5.41, 5.74) is 0. The molecule has 0 aromatic carbocycles. The average molecular weight is 408 g/mol. The van der Waals surface area contributed by atoms with Gasteiger partial charge in [-0.2, -0.15) is 0 Å². The second kappa shape index (κ2) is 27.6. The van der Waals surface area contributed by atoms with Crippen LogP contribution in [0.15, 0.2) is 0 Å². The Balaban J connectivity index is -0.00000200. The summed E-state index contributed by atoms with van der Waals surface area (Å²) in [4.78, 5) is 0. The van der Waals surface area contributed by atoms with Gasteiger partial charge in [-0.05, 0) is 0 Å². The first-order chi connectivity index (χ1) is 10.4. The molecule has 0 rings (SSSR count). The van der Waals surface area contributed by atoms with E-state index in [1.807, 2.05) is 0 Å². The van der Waals surface area contributed by atoms with Crippen LogP contribution < -0.4 is 0 Å². The molecule has 0 bridgehead atoms. The Labute approximate surface area is 158 Å². The molecule has 3 heteroatoms. The molecule has 140 valence electrons. The first-order valence-corrected chi connectivity index (χ1v) is 13.6. The van der Waals surface area contributed by atoms with E-state index in [1.165, 1.54) is 89.9 Å². The third kappa shape index (κ3) is 27.9. The van der Waals surface area contributed by atoms with Crippen LogP contribution in [0, 0.1) is 0 Å². The van der Waals surface area contributed by atoms with Crippen LogP contribution in [-0.4, -0.2) is 11.0 Å². The minimum absolute atomic E-state index is 0. The predicted octanol–water partition coefficient (Wildman–Crippen LogP) is 7.83. The van der Waals surface area contributed by atoms with E-state index in [0.29, 0.717) is 0 Å². The SMILES string of the molecule is CCCCCCCCC[CH2][Zr+2][CH2]CCCCCCCCC.[OH-].[OH-]. The number of rotatable bonds is 18. The Morgan fingerprint density at radius 2 is 0.652 bits per heavy atom.